The smallest absolute Gasteiger partial charge is 0.346 e. The highest BCUT2D eigenvalue weighted by molar-refractivity contribution is 14.1. The van der Waals surface area contributed by atoms with E-state index in [0.29, 0.717) is 18.5 Å². The Balaban J connectivity index is 2.20. The van der Waals surface area contributed by atoms with Gasteiger partial charge in [0.2, 0.25) is 0 Å². The lowest BCUT2D eigenvalue weighted by molar-refractivity contribution is -0.140. The summed E-state index contributed by atoms with van der Waals surface area (Å²) in [5.74, 6) is -1.44. The minimum absolute atomic E-state index is 0.0188. The number of nitrogens with zero attached hydrogens (tertiary/aromatic N) is 1. The number of aliphatic carboxylic acids is 1. The van der Waals surface area contributed by atoms with Crippen LogP contribution in [-0.2, 0) is 22.7 Å². The number of benzene rings is 2. The van der Waals surface area contributed by atoms with Crippen molar-refractivity contribution in [2.75, 3.05) is 0 Å². The molecule has 0 aliphatic carbocycles. The van der Waals surface area contributed by atoms with E-state index in [4.69, 9.17) is 11.6 Å². The fourth-order valence-electron chi connectivity index (χ4n) is 2.90. The molecule has 0 saturated carbocycles. The van der Waals surface area contributed by atoms with Crippen LogP contribution in [0.5, 0.6) is 0 Å². The fourth-order valence-corrected chi connectivity index (χ4v) is 8.25. The van der Waals surface area contributed by atoms with Crippen LogP contribution in [0.4, 0.5) is 0 Å². The van der Waals surface area contributed by atoms with E-state index in [-0.39, 0.29) is 12.1 Å². The monoisotopic (exact) mass is 567 g/mol. The molecule has 1 aliphatic heterocycles. The summed E-state index contributed by atoms with van der Waals surface area (Å²) in [5, 5.41) is 10.00. The Kier molecular flexibility index (Phi) is 6.01. The van der Waals surface area contributed by atoms with Crippen LogP contribution in [0.1, 0.15) is 17.5 Å². The molecule has 29 heavy (non-hydrogen) atoms. The first-order valence-electron chi connectivity index (χ1n) is 8.20. The van der Waals surface area contributed by atoms with Gasteiger partial charge in [0.1, 0.15) is 6.04 Å². The molecule has 0 saturated heterocycles. The molecule has 0 amide bonds. The van der Waals surface area contributed by atoms with Gasteiger partial charge in [0.15, 0.2) is 0 Å². The number of halogens is 2. The van der Waals surface area contributed by atoms with Gasteiger partial charge in [-0.05, 0) is 59.3 Å². The van der Waals surface area contributed by atoms with E-state index in [1.165, 1.54) is 48.5 Å². The number of rotatable bonds is 5. The third-order valence-corrected chi connectivity index (χ3v) is 10.6. The molecule has 11 heteroatoms. The predicted octanol–water partition coefficient (Wildman–Crippen LogP) is 3.63. The molecule has 1 N–H and O–H groups in total. The first-order valence-corrected chi connectivity index (χ1v) is 13.1. The van der Waals surface area contributed by atoms with Crippen LogP contribution in [-0.4, -0.2) is 38.3 Å². The number of aryl methyl sites for hydroxylation is 1. The molecular weight excluding hydrogens is 553 g/mol. The van der Waals surface area contributed by atoms with E-state index in [1.54, 1.807) is 6.92 Å². The van der Waals surface area contributed by atoms with Crippen LogP contribution in [0.2, 0.25) is 5.02 Å². The molecule has 0 bridgehead atoms. The Morgan fingerprint density at radius 3 is 2.14 bits per heavy atom. The number of hydrogen-bond donors (Lipinski definition) is 1. The van der Waals surface area contributed by atoms with Crippen LogP contribution in [0.25, 0.3) is 5.70 Å². The SMILES string of the molecule is Cc1ccc(S(=O)(=O)S(=O)(=O)N2C(c3ccc(Cl)cc3)=C(I)CC2C(=O)O)cc1. The van der Waals surface area contributed by atoms with Gasteiger partial charge in [-0.15, -0.1) is 0 Å². The minimum Gasteiger partial charge on any atom is -0.480 e. The number of carboxylic acid groups (broad SMARTS) is 1. The Morgan fingerprint density at radius 1 is 1.07 bits per heavy atom. The molecule has 154 valence electrons. The zero-order valence-corrected chi connectivity index (χ0v) is 19.5. The second-order valence-electron chi connectivity index (χ2n) is 6.34. The van der Waals surface area contributed by atoms with Crippen molar-refractivity contribution in [1.82, 2.24) is 4.31 Å². The molecular formula is C18H15ClINO6S2. The molecule has 1 atom stereocenters. The summed E-state index contributed by atoms with van der Waals surface area (Å²) < 4.78 is 53.4. The van der Waals surface area contributed by atoms with E-state index in [0.717, 1.165) is 5.56 Å². The lowest BCUT2D eigenvalue weighted by atomic mass is 10.1. The average molecular weight is 568 g/mol. The van der Waals surface area contributed by atoms with Crippen LogP contribution in [0, 0.1) is 6.92 Å². The van der Waals surface area contributed by atoms with Crippen molar-refractivity contribution in [3.05, 3.63) is 68.3 Å². The maximum atomic E-state index is 13.3. The molecule has 2 aromatic rings. The zero-order chi connectivity index (χ0) is 21.6. The first kappa shape index (κ1) is 22.1. The standard InChI is InChI=1S/C18H15ClINO6S2/c1-11-2-8-14(9-3-11)28(24,25)29(26,27)21-16(18(22)23)10-15(20)17(21)12-4-6-13(19)7-5-12/h2-9,16H,10H2,1H3,(H,22,23). The zero-order valence-electron chi connectivity index (χ0n) is 14.9. The van der Waals surface area contributed by atoms with Crippen molar-refractivity contribution in [2.45, 2.75) is 24.3 Å². The molecule has 0 radical (unpaired) electrons. The van der Waals surface area contributed by atoms with Gasteiger partial charge in [-0.1, -0.05) is 41.4 Å². The van der Waals surface area contributed by atoms with Crippen molar-refractivity contribution < 1.29 is 26.7 Å². The van der Waals surface area contributed by atoms with Gasteiger partial charge >= 0.3 is 23.9 Å². The van der Waals surface area contributed by atoms with E-state index >= 15 is 0 Å². The second kappa shape index (κ2) is 7.89. The van der Waals surface area contributed by atoms with Gasteiger partial charge in [-0.25, -0.2) is 17.5 Å². The molecule has 1 heterocycles. The molecule has 0 spiro atoms. The van der Waals surface area contributed by atoms with Crippen LogP contribution in [0.15, 0.2) is 57.0 Å². The molecule has 0 aromatic heterocycles. The van der Waals surface area contributed by atoms with Gasteiger partial charge in [0, 0.05) is 15.0 Å². The van der Waals surface area contributed by atoms with Crippen molar-refractivity contribution >= 4 is 63.8 Å². The number of hydrogen-bond acceptors (Lipinski definition) is 5. The molecule has 7 nitrogen and oxygen atoms in total. The third kappa shape index (κ3) is 3.90. The summed E-state index contributed by atoms with van der Waals surface area (Å²) in [6.45, 7) is 1.73. The maximum Gasteiger partial charge on any atom is 0.346 e. The van der Waals surface area contributed by atoms with Crippen molar-refractivity contribution in [3.8, 4) is 0 Å². The summed E-state index contributed by atoms with van der Waals surface area (Å²) in [6.07, 6.45) is -0.142. The quantitative estimate of drug-likeness (QED) is 0.437. The highest BCUT2D eigenvalue weighted by Gasteiger charge is 2.49. The van der Waals surface area contributed by atoms with E-state index in [2.05, 4.69) is 0 Å². The topological polar surface area (TPSA) is 109 Å². The lowest BCUT2D eigenvalue weighted by Crippen LogP contribution is -2.43. The van der Waals surface area contributed by atoms with Crippen LogP contribution < -0.4 is 0 Å². The van der Waals surface area contributed by atoms with Crippen LogP contribution >= 0.6 is 34.2 Å². The largest absolute Gasteiger partial charge is 0.480 e. The van der Waals surface area contributed by atoms with Gasteiger partial charge in [0.25, 0.3) is 0 Å². The third-order valence-electron chi connectivity index (χ3n) is 4.36. The summed E-state index contributed by atoms with van der Waals surface area (Å²) in [6, 6.07) is 9.81. The average Bonchev–Trinajstić information content (AvgIpc) is 3.01. The maximum absolute atomic E-state index is 13.3. The molecule has 2 aromatic carbocycles. The Bertz CT molecular complexity index is 1210. The summed E-state index contributed by atoms with van der Waals surface area (Å²) in [4.78, 5) is 11.4. The molecule has 1 aliphatic rings. The summed E-state index contributed by atoms with van der Waals surface area (Å²) >= 11 is 7.73. The fraction of sp³-hybridized carbons (Fsp3) is 0.167. The van der Waals surface area contributed by atoms with E-state index in [9.17, 15) is 26.7 Å². The van der Waals surface area contributed by atoms with E-state index < -0.39 is 34.8 Å². The highest BCUT2D eigenvalue weighted by Crippen LogP contribution is 2.43. The highest BCUT2D eigenvalue weighted by atomic mass is 127. The van der Waals surface area contributed by atoms with Crippen molar-refractivity contribution in [2.24, 2.45) is 0 Å². The molecule has 0 fully saturated rings. The molecule has 3 rings (SSSR count). The minimum atomic E-state index is -5.11. The summed E-state index contributed by atoms with van der Waals surface area (Å²) in [7, 11) is -10.0. The number of carboxylic acids is 1. The van der Waals surface area contributed by atoms with Crippen molar-refractivity contribution in [3.63, 3.8) is 0 Å². The molecule has 1 unspecified atom stereocenters. The first-order chi connectivity index (χ1) is 13.5. The van der Waals surface area contributed by atoms with Gasteiger partial charge < -0.3 is 5.11 Å². The number of carbonyl (C=O) groups is 1. The van der Waals surface area contributed by atoms with Gasteiger partial charge in [-0.3, -0.25) is 0 Å². The van der Waals surface area contributed by atoms with Gasteiger partial charge in [0.05, 0.1) is 10.6 Å². The van der Waals surface area contributed by atoms with E-state index in [1.807, 2.05) is 22.6 Å². The Morgan fingerprint density at radius 2 is 1.62 bits per heavy atom. The second-order valence-corrected chi connectivity index (χ2v) is 13.3. The lowest BCUT2D eigenvalue weighted by Gasteiger charge is -2.26. The van der Waals surface area contributed by atoms with Crippen LogP contribution in [0.3, 0.4) is 0 Å². The Hall–Kier alpha value is -1.63. The Labute approximate surface area is 186 Å². The summed E-state index contributed by atoms with van der Waals surface area (Å²) in [5.41, 5.74) is 1.12. The van der Waals surface area contributed by atoms with Gasteiger partial charge in [-0.2, -0.15) is 8.42 Å². The predicted molar refractivity (Wildman–Crippen MR) is 118 cm³/mol. The van der Waals surface area contributed by atoms with Crippen molar-refractivity contribution in [1.29, 1.82) is 0 Å². The normalized spacial score (nSPS) is 17.6.